The van der Waals surface area contributed by atoms with Crippen molar-refractivity contribution in [1.82, 2.24) is 15.1 Å². The quantitative estimate of drug-likeness (QED) is 0.807. The van der Waals surface area contributed by atoms with E-state index in [1.165, 1.54) is 4.68 Å². The van der Waals surface area contributed by atoms with E-state index in [-0.39, 0.29) is 29.8 Å². The standard InChI is InChI=1S/C15H19N3O3/c1-10(2)18-15(21)12-7-4-3-6-11(12)13(17-18)14(20)16-8-5-9-19/h3-4,6-7,10,19H,5,8-9H2,1-2H3,(H,16,20). The van der Waals surface area contributed by atoms with Gasteiger partial charge in [-0.3, -0.25) is 9.59 Å². The van der Waals surface area contributed by atoms with Crippen LogP contribution in [0, 0.1) is 0 Å². The topological polar surface area (TPSA) is 84.2 Å². The van der Waals surface area contributed by atoms with E-state index in [1.807, 2.05) is 13.8 Å². The molecular weight excluding hydrogens is 270 g/mol. The van der Waals surface area contributed by atoms with Crippen LogP contribution in [0.4, 0.5) is 0 Å². The minimum Gasteiger partial charge on any atom is -0.396 e. The smallest absolute Gasteiger partial charge is 0.274 e. The van der Waals surface area contributed by atoms with Gasteiger partial charge in [0, 0.05) is 18.5 Å². The Labute approximate surface area is 122 Å². The van der Waals surface area contributed by atoms with E-state index >= 15 is 0 Å². The van der Waals surface area contributed by atoms with Crippen LogP contribution in [0.25, 0.3) is 10.8 Å². The Bertz CT molecular complexity index is 707. The van der Waals surface area contributed by atoms with Crippen LogP contribution < -0.4 is 10.9 Å². The summed E-state index contributed by atoms with van der Waals surface area (Å²) in [6.45, 7) is 4.07. The summed E-state index contributed by atoms with van der Waals surface area (Å²) in [4.78, 5) is 24.6. The van der Waals surface area contributed by atoms with Crippen molar-refractivity contribution in [2.24, 2.45) is 0 Å². The molecule has 0 saturated carbocycles. The van der Waals surface area contributed by atoms with Gasteiger partial charge in [0.25, 0.3) is 11.5 Å². The Kier molecular flexibility index (Phi) is 4.70. The van der Waals surface area contributed by atoms with Gasteiger partial charge in [-0.1, -0.05) is 18.2 Å². The van der Waals surface area contributed by atoms with Gasteiger partial charge < -0.3 is 10.4 Å². The van der Waals surface area contributed by atoms with Crippen LogP contribution >= 0.6 is 0 Å². The molecule has 2 aromatic rings. The average Bonchev–Trinajstić information content (AvgIpc) is 2.47. The number of aromatic nitrogens is 2. The molecule has 0 aliphatic rings. The van der Waals surface area contributed by atoms with Gasteiger partial charge in [-0.05, 0) is 26.3 Å². The largest absolute Gasteiger partial charge is 0.396 e. The van der Waals surface area contributed by atoms with Gasteiger partial charge in [-0.15, -0.1) is 0 Å². The fourth-order valence-corrected chi connectivity index (χ4v) is 2.09. The van der Waals surface area contributed by atoms with Gasteiger partial charge in [-0.25, -0.2) is 4.68 Å². The number of amides is 1. The van der Waals surface area contributed by atoms with Crippen molar-refractivity contribution in [2.75, 3.05) is 13.2 Å². The van der Waals surface area contributed by atoms with Crippen LogP contribution in [0.2, 0.25) is 0 Å². The zero-order valence-electron chi connectivity index (χ0n) is 12.2. The second-order valence-electron chi connectivity index (χ2n) is 5.07. The number of rotatable bonds is 5. The molecule has 0 aliphatic carbocycles. The van der Waals surface area contributed by atoms with E-state index in [9.17, 15) is 9.59 Å². The predicted molar refractivity (Wildman–Crippen MR) is 80.4 cm³/mol. The number of carbonyl (C=O) groups excluding carboxylic acids is 1. The van der Waals surface area contributed by atoms with Gasteiger partial charge in [0.05, 0.1) is 11.4 Å². The number of hydrogen-bond donors (Lipinski definition) is 2. The summed E-state index contributed by atoms with van der Waals surface area (Å²) < 4.78 is 1.32. The maximum absolute atomic E-state index is 12.3. The molecule has 6 nitrogen and oxygen atoms in total. The van der Waals surface area contributed by atoms with Gasteiger partial charge in [-0.2, -0.15) is 5.10 Å². The molecule has 1 aromatic heterocycles. The second kappa shape index (κ2) is 6.49. The lowest BCUT2D eigenvalue weighted by molar-refractivity contribution is 0.0945. The van der Waals surface area contributed by atoms with E-state index in [1.54, 1.807) is 24.3 Å². The third-order valence-corrected chi connectivity index (χ3v) is 3.15. The number of nitrogens with one attached hydrogen (secondary N) is 1. The Morgan fingerprint density at radius 3 is 2.62 bits per heavy atom. The number of carbonyl (C=O) groups is 1. The highest BCUT2D eigenvalue weighted by molar-refractivity contribution is 6.04. The first-order valence-corrected chi connectivity index (χ1v) is 6.97. The van der Waals surface area contributed by atoms with E-state index < -0.39 is 0 Å². The molecule has 1 aromatic carbocycles. The Morgan fingerprint density at radius 1 is 1.33 bits per heavy atom. The van der Waals surface area contributed by atoms with Gasteiger partial charge in [0.1, 0.15) is 0 Å². The van der Waals surface area contributed by atoms with Crippen LogP contribution in [-0.2, 0) is 0 Å². The van der Waals surface area contributed by atoms with Crippen molar-refractivity contribution in [3.63, 3.8) is 0 Å². The predicted octanol–water partition coefficient (Wildman–Crippen LogP) is 1.09. The zero-order valence-corrected chi connectivity index (χ0v) is 12.2. The second-order valence-corrected chi connectivity index (χ2v) is 5.07. The van der Waals surface area contributed by atoms with Crippen molar-refractivity contribution in [1.29, 1.82) is 0 Å². The summed E-state index contributed by atoms with van der Waals surface area (Å²) >= 11 is 0. The number of aliphatic hydroxyl groups is 1. The van der Waals surface area contributed by atoms with Crippen molar-refractivity contribution >= 4 is 16.7 Å². The highest BCUT2D eigenvalue weighted by Crippen LogP contribution is 2.14. The lowest BCUT2D eigenvalue weighted by Gasteiger charge is -2.13. The molecule has 0 fully saturated rings. The molecule has 0 bridgehead atoms. The molecule has 0 saturated heterocycles. The normalized spacial score (nSPS) is 11.0. The summed E-state index contributed by atoms with van der Waals surface area (Å²) in [6.07, 6.45) is 0.480. The molecule has 0 radical (unpaired) electrons. The van der Waals surface area contributed by atoms with Crippen LogP contribution in [0.5, 0.6) is 0 Å². The SMILES string of the molecule is CC(C)n1nc(C(=O)NCCCO)c2ccccc2c1=O. The fraction of sp³-hybridized carbons (Fsp3) is 0.400. The Balaban J connectivity index is 2.54. The number of hydrogen-bond acceptors (Lipinski definition) is 4. The van der Waals surface area contributed by atoms with E-state index in [4.69, 9.17) is 5.11 Å². The van der Waals surface area contributed by atoms with Crippen LogP contribution in [0.1, 0.15) is 36.8 Å². The maximum atomic E-state index is 12.3. The zero-order chi connectivity index (χ0) is 15.4. The first-order valence-electron chi connectivity index (χ1n) is 6.97. The van der Waals surface area contributed by atoms with Crippen molar-refractivity contribution < 1.29 is 9.90 Å². The first-order chi connectivity index (χ1) is 10.1. The molecule has 0 unspecified atom stereocenters. The van der Waals surface area contributed by atoms with Gasteiger partial charge >= 0.3 is 0 Å². The molecule has 6 heteroatoms. The number of benzene rings is 1. The van der Waals surface area contributed by atoms with Crippen molar-refractivity contribution in [3.8, 4) is 0 Å². The van der Waals surface area contributed by atoms with Gasteiger partial charge in [0.2, 0.25) is 0 Å². The molecular formula is C15H19N3O3. The van der Waals surface area contributed by atoms with E-state index in [0.29, 0.717) is 23.7 Å². The summed E-state index contributed by atoms with van der Waals surface area (Å²) in [5.74, 6) is -0.339. The van der Waals surface area contributed by atoms with E-state index in [0.717, 1.165) is 0 Å². The minimum absolute atomic E-state index is 0.0138. The van der Waals surface area contributed by atoms with Gasteiger partial charge in [0.15, 0.2) is 5.69 Å². The van der Waals surface area contributed by atoms with Crippen LogP contribution in [0.3, 0.4) is 0 Å². The molecule has 2 N–H and O–H groups in total. The third kappa shape index (κ3) is 3.11. The van der Waals surface area contributed by atoms with E-state index in [2.05, 4.69) is 10.4 Å². The summed E-state index contributed by atoms with van der Waals surface area (Å²) in [5, 5.41) is 16.7. The highest BCUT2D eigenvalue weighted by Gasteiger charge is 2.17. The highest BCUT2D eigenvalue weighted by atomic mass is 16.3. The van der Waals surface area contributed by atoms with Crippen LogP contribution in [0.15, 0.2) is 29.1 Å². The van der Waals surface area contributed by atoms with Crippen molar-refractivity contribution in [2.45, 2.75) is 26.3 Å². The average molecular weight is 289 g/mol. The summed E-state index contributed by atoms with van der Waals surface area (Å²) in [7, 11) is 0. The molecule has 1 heterocycles. The molecule has 0 spiro atoms. The molecule has 0 atom stereocenters. The minimum atomic E-state index is -0.339. The molecule has 21 heavy (non-hydrogen) atoms. The Hall–Kier alpha value is -2.21. The van der Waals surface area contributed by atoms with Crippen molar-refractivity contribution in [3.05, 3.63) is 40.3 Å². The number of nitrogens with zero attached hydrogens (tertiary/aromatic N) is 2. The first kappa shape index (κ1) is 15.2. The third-order valence-electron chi connectivity index (χ3n) is 3.15. The Morgan fingerprint density at radius 2 is 2.00 bits per heavy atom. The maximum Gasteiger partial charge on any atom is 0.274 e. The monoisotopic (exact) mass is 289 g/mol. The van der Waals surface area contributed by atoms with Crippen LogP contribution in [-0.4, -0.2) is 33.9 Å². The number of fused-ring (bicyclic) bond motifs is 1. The molecule has 1 amide bonds. The lowest BCUT2D eigenvalue weighted by Crippen LogP contribution is -2.32. The molecule has 2 rings (SSSR count). The number of aliphatic hydroxyl groups excluding tert-OH is 1. The molecule has 0 aliphatic heterocycles. The lowest BCUT2D eigenvalue weighted by atomic mass is 10.1. The summed E-state index contributed by atoms with van der Waals surface area (Å²) in [5.41, 5.74) is 0.0318. The molecule has 112 valence electrons. The summed E-state index contributed by atoms with van der Waals surface area (Å²) in [6, 6.07) is 6.82. The fourth-order valence-electron chi connectivity index (χ4n) is 2.09.